The molecule has 0 radical (unpaired) electrons. The van der Waals surface area contributed by atoms with Crippen molar-refractivity contribution in [2.45, 2.75) is 4.90 Å². The number of methoxy groups -OCH3 is 1. The lowest BCUT2D eigenvalue weighted by atomic mass is 10.2. The fraction of sp³-hybridized carbons (Fsp3) is 0.0909. The average molecular weight is 442 g/mol. The molecule has 0 bridgehead atoms. The lowest BCUT2D eigenvalue weighted by Crippen LogP contribution is -2.38. The second-order valence-electron chi connectivity index (χ2n) is 6.36. The Balaban J connectivity index is 1.96. The summed E-state index contributed by atoms with van der Waals surface area (Å²) >= 11 is 0. The summed E-state index contributed by atoms with van der Waals surface area (Å²) in [6.07, 6.45) is 0. The molecule has 0 heterocycles. The van der Waals surface area contributed by atoms with E-state index in [9.17, 15) is 22.4 Å². The van der Waals surface area contributed by atoms with Crippen LogP contribution in [-0.2, 0) is 19.6 Å². The van der Waals surface area contributed by atoms with Crippen LogP contribution in [0, 0.1) is 5.82 Å². The Hall–Kier alpha value is -3.72. The Morgan fingerprint density at radius 2 is 1.55 bits per heavy atom. The number of nitrogens with one attached hydrogen (secondary N) is 1. The second kappa shape index (κ2) is 9.40. The van der Waals surface area contributed by atoms with Crippen molar-refractivity contribution in [2.24, 2.45) is 0 Å². The van der Waals surface area contributed by atoms with Gasteiger partial charge in [-0.1, -0.05) is 42.5 Å². The van der Waals surface area contributed by atoms with Crippen molar-refractivity contribution in [3.05, 3.63) is 90.2 Å². The summed E-state index contributed by atoms with van der Waals surface area (Å²) in [5.74, 6) is -2.23. The zero-order valence-electron chi connectivity index (χ0n) is 16.5. The van der Waals surface area contributed by atoms with Crippen molar-refractivity contribution in [3.63, 3.8) is 0 Å². The maximum Gasteiger partial charge on any atom is 0.339 e. The normalized spacial score (nSPS) is 10.9. The maximum absolute atomic E-state index is 14.5. The lowest BCUT2D eigenvalue weighted by molar-refractivity contribution is -0.114. The molecule has 0 fully saturated rings. The van der Waals surface area contributed by atoms with Gasteiger partial charge in [-0.25, -0.2) is 17.6 Å². The molecule has 9 heteroatoms. The van der Waals surface area contributed by atoms with Crippen LogP contribution >= 0.6 is 0 Å². The van der Waals surface area contributed by atoms with E-state index in [0.717, 1.165) is 6.07 Å². The minimum absolute atomic E-state index is 0.0963. The number of hydrogen-bond donors (Lipinski definition) is 1. The van der Waals surface area contributed by atoms with Crippen LogP contribution in [0.3, 0.4) is 0 Å². The number of ether oxygens (including phenoxy) is 1. The number of benzene rings is 3. The van der Waals surface area contributed by atoms with E-state index >= 15 is 0 Å². The fourth-order valence-corrected chi connectivity index (χ4v) is 4.32. The highest BCUT2D eigenvalue weighted by atomic mass is 32.2. The van der Waals surface area contributed by atoms with Crippen LogP contribution < -0.4 is 9.62 Å². The van der Waals surface area contributed by atoms with Crippen molar-refractivity contribution >= 4 is 33.3 Å². The Morgan fingerprint density at radius 1 is 0.935 bits per heavy atom. The van der Waals surface area contributed by atoms with E-state index < -0.39 is 34.3 Å². The van der Waals surface area contributed by atoms with E-state index in [1.54, 1.807) is 18.2 Å². The smallest absolute Gasteiger partial charge is 0.339 e. The minimum Gasteiger partial charge on any atom is -0.465 e. The molecule has 0 saturated heterocycles. The van der Waals surface area contributed by atoms with Crippen LogP contribution in [0.1, 0.15) is 10.4 Å². The molecule has 0 saturated carbocycles. The summed E-state index contributed by atoms with van der Waals surface area (Å²) in [7, 11) is -3.05. The third kappa shape index (κ3) is 4.89. The molecular weight excluding hydrogens is 423 g/mol. The summed E-state index contributed by atoms with van der Waals surface area (Å²) in [4.78, 5) is 24.6. The van der Waals surface area contributed by atoms with Crippen molar-refractivity contribution < 1.29 is 27.1 Å². The van der Waals surface area contributed by atoms with E-state index in [2.05, 4.69) is 5.32 Å². The molecule has 0 unspecified atom stereocenters. The minimum atomic E-state index is -4.25. The van der Waals surface area contributed by atoms with Crippen LogP contribution in [0.4, 0.5) is 15.8 Å². The van der Waals surface area contributed by atoms with Gasteiger partial charge in [0.1, 0.15) is 12.4 Å². The first-order valence-electron chi connectivity index (χ1n) is 9.14. The highest BCUT2D eigenvalue weighted by Crippen LogP contribution is 2.26. The van der Waals surface area contributed by atoms with Gasteiger partial charge in [-0.15, -0.1) is 0 Å². The molecule has 0 atom stereocenters. The molecule has 0 aliphatic heterocycles. The number of amides is 1. The first kappa shape index (κ1) is 22.0. The summed E-state index contributed by atoms with van der Waals surface area (Å²) in [5, 5.41) is 2.50. The number of carbonyl (C=O) groups excluding carboxylic acids is 2. The molecule has 1 N–H and O–H groups in total. The molecule has 0 aliphatic rings. The van der Waals surface area contributed by atoms with E-state index in [1.165, 1.54) is 61.7 Å². The number of nitrogens with zero attached hydrogens (tertiary/aromatic N) is 1. The number of anilines is 2. The molecule has 0 aromatic heterocycles. The van der Waals surface area contributed by atoms with Crippen molar-refractivity contribution in [1.29, 1.82) is 0 Å². The molecule has 3 aromatic rings. The second-order valence-corrected chi connectivity index (χ2v) is 8.22. The van der Waals surface area contributed by atoms with Crippen molar-refractivity contribution in [1.82, 2.24) is 0 Å². The van der Waals surface area contributed by atoms with Crippen LogP contribution in [0.2, 0.25) is 0 Å². The number of rotatable bonds is 7. The molecule has 160 valence electrons. The SMILES string of the molecule is COC(=O)c1ccccc1NC(=O)CN(c1ccccc1F)S(=O)(=O)c1ccccc1. The Morgan fingerprint density at radius 3 is 2.23 bits per heavy atom. The molecule has 1 amide bonds. The quantitative estimate of drug-likeness (QED) is 0.566. The van der Waals surface area contributed by atoms with Gasteiger partial charge >= 0.3 is 5.97 Å². The van der Waals surface area contributed by atoms with Crippen LogP contribution in [0.25, 0.3) is 0 Å². The average Bonchev–Trinajstić information content (AvgIpc) is 2.78. The zero-order chi connectivity index (χ0) is 22.4. The molecule has 3 aromatic carbocycles. The van der Waals surface area contributed by atoms with E-state index in [4.69, 9.17) is 4.74 Å². The van der Waals surface area contributed by atoms with Gasteiger partial charge in [0.2, 0.25) is 5.91 Å². The number of halogens is 1. The van der Waals surface area contributed by atoms with Crippen LogP contribution in [0.5, 0.6) is 0 Å². The Bertz CT molecular complexity index is 1200. The van der Waals surface area contributed by atoms with E-state index in [0.29, 0.717) is 4.31 Å². The largest absolute Gasteiger partial charge is 0.465 e. The van der Waals surface area contributed by atoms with Gasteiger partial charge < -0.3 is 10.1 Å². The first-order chi connectivity index (χ1) is 14.8. The Kier molecular flexibility index (Phi) is 6.66. The lowest BCUT2D eigenvalue weighted by Gasteiger charge is -2.24. The molecular formula is C22H19FN2O5S. The van der Waals surface area contributed by atoms with Gasteiger partial charge in [0.05, 0.1) is 28.9 Å². The van der Waals surface area contributed by atoms with Crippen LogP contribution in [0.15, 0.2) is 83.8 Å². The zero-order valence-corrected chi connectivity index (χ0v) is 17.3. The monoisotopic (exact) mass is 442 g/mol. The summed E-state index contributed by atoms with van der Waals surface area (Å²) in [6.45, 7) is -0.715. The third-order valence-corrected chi connectivity index (χ3v) is 6.12. The van der Waals surface area contributed by atoms with Gasteiger partial charge in [-0.05, 0) is 36.4 Å². The predicted octanol–water partition coefficient (Wildman–Crippen LogP) is 3.45. The molecule has 31 heavy (non-hydrogen) atoms. The highest BCUT2D eigenvalue weighted by molar-refractivity contribution is 7.92. The Labute approximate surface area is 179 Å². The number of sulfonamides is 1. The predicted molar refractivity (Wildman–Crippen MR) is 114 cm³/mol. The van der Waals surface area contributed by atoms with E-state index in [-0.39, 0.29) is 21.8 Å². The van der Waals surface area contributed by atoms with Gasteiger partial charge in [-0.3, -0.25) is 9.10 Å². The van der Waals surface area contributed by atoms with E-state index in [1.807, 2.05) is 0 Å². The first-order valence-corrected chi connectivity index (χ1v) is 10.6. The molecule has 7 nitrogen and oxygen atoms in total. The van der Waals surface area contributed by atoms with Gasteiger partial charge in [0.25, 0.3) is 10.0 Å². The van der Waals surface area contributed by atoms with Crippen LogP contribution in [-0.4, -0.2) is 33.9 Å². The van der Waals surface area contributed by atoms with Crippen molar-refractivity contribution in [3.8, 4) is 0 Å². The van der Waals surface area contributed by atoms with Gasteiger partial charge in [0.15, 0.2) is 0 Å². The summed E-state index contributed by atoms with van der Waals surface area (Å²) < 4.78 is 46.3. The van der Waals surface area contributed by atoms with Crippen molar-refractivity contribution in [2.75, 3.05) is 23.3 Å². The number of para-hydroxylation sites is 2. The highest BCUT2D eigenvalue weighted by Gasteiger charge is 2.29. The molecule has 3 rings (SSSR count). The summed E-state index contributed by atoms with van der Waals surface area (Å²) in [5.41, 5.74) is -0.0330. The molecule has 0 aliphatic carbocycles. The standard InChI is InChI=1S/C22H19FN2O5S/c1-30-22(27)17-11-5-7-13-19(17)24-21(26)15-25(20-14-8-6-12-18(20)23)31(28,29)16-9-3-2-4-10-16/h2-14H,15H2,1H3,(H,24,26). The topological polar surface area (TPSA) is 92.8 Å². The van der Waals surface area contributed by atoms with Gasteiger partial charge in [-0.2, -0.15) is 0 Å². The number of esters is 1. The fourth-order valence-electron chi connectivity index (χ4n) is 2.87. The van der Waals surface area contributed by atoms with Gasteiger partial charge in [0, 0.05) is 0 Å². The molecule has 0 spiro atoms. The maximum atomic E-state index is 14.5. The third-order valence-electron chi connectivity index (χ3n) is 4.35. The number of hydrogen-bond acceptors (Lipinski definition) is 5. The summed E-state index contributed by atoms with van der Waals surface area (Å²) in [6, 6.07) is 18.8. The number of carbonyl (C=O) groups is 2.